The molecule has 0 radical (unpaired) electrons. The van der Waals surface area contributed by atoms with Gasteiger partial charge in [-0.05, 0) is 32.4 Å². The molecular weight excluding hydrogens is 376 g/mol. The lowest BCUT2D eigenvalue weighted by Gasteiger charge is -2.09. The molecule has 0 saturated carbocycles. The number of hydrogen-bond donors (Lipinski definition) is 1. The van der Waals surface area contributed by atoms with E-state index in [1.807, 2.05) is 19.1 Å². The Bertz CT molecular complexity index is 965. The molecule has 2 heterocycles. The number of amides is 1. The molecule has 2 aromatic rings. The highest BCUT2D eigenvalue weighted by atomic mass is 35.5. The molecule has 1 amide bonds. The highest BCUT2D eigenvalue weighted by Gasteiger charge is 2.31. The number of hydrazone groups is 1. The van der Waals surface area contributed by atoms with Crippen LogP contribution in [0.3, 0.4) is 0 Å². The van der Waals surface area contributed by atoms with Crippen LogP contribution < -0.4 is 5.43 Å². The Kier molecular flexibility index (Phi) is 5.15. The zero-order chi connectivity index (χ0) is 18.9. The lowest BCUT2D eigenvalue weighted by atomic mass is 10.1. The minimum atomic E-state index is -3.04. The van der Waals surface area contributed by atoms with Crippen LogP contribution in [0.2, 0.25) is 5.15 Å². The molecule has 1 fully saturated rings. The van der Waals surface area contributed by atoms with Gasteiger partial charge in [0.15, 0.2) is 9.84 Å². The molecule has 0 spiro atoms. The van der Waals surface area contributed by atoms with Gasteiger partial charge < -0.3 is 0 Å². The molecule has 9 heteroatoms. The third-order valence-electron chi connectivity index (χ3n) is 4.30. The van der Waals surface area contributed by atoms with Crippen molar-refractivity contribution in [1.82, 2.24) is 15.2 Å². The number of aromatic nitrogens is 2. The van der Waals surface area contributed by atoms with Crippen LogP contribution in [-0.4, -0.2) is 41.8 Å². The van der Waals surface area contributed by atoms with Crippen molar-refractivity contribution in [2.24, 2.45) is 5.10 Å². The Morgan fingerprint density at radius 2 is 2.04 bits per heavy atom. The molecule has 1 aromatic heterocycles. The number of sulfone groups is 1. The molecule has 0 bridgehead atoms. The van der Waals surface area contributed by atoms with Crippen LogP contribution in [0, 0.1) is 13.8 Å². The number of rotatable bonds is 4. The summed E-state index contributed by atoms with van der Waals surface area (Å²) in [5, 5.41) is 8.61. The molecular formula is C17H19ClN4O3S. The second-order valence-corrected chi connectivity index (χ2v) is 8.94. The van der Waals surface area contributed by atoms with Crippen LogP contribution in [0.4, 0.5) is 0 Å². The van der Waals surface area contributed by atoms with Gasteiger partial charge in [0.25, 0.3) is 5.91 Å². The molecule has 26 heavy (non-hydrogen) atoms. The van der Waals surface area contributed by atoms with Crippen LogP contribution in [0.15, 0.2) is 29.4 Å². The van der Waals surface area contributed by atoms with Crippen LogP contribution in [0.1, 0.15) is 39.6 Å². The zero-order valence-corrected chi connectivity index (χ0v) is 16.0. The number of nitrogens with zero attached hydrogens (tertiary/aromatic N) is 3. The Morgan fingerprint density at radius 1 is 1.35 bits per heavy atom. The number of carbonyl (C=O) groups excluding carboxylic acids is 1. The normalized spacial score (nSPS) is 19.1. The average molecular weight is 395 g/mol. The summed E-state index contributed by atoms with van der Waals surface area (Å²) in [7, 11) is -3.04. The van der Waals surface area contributed by atoms with Crippen molar-refractivity contribution in [1.29, 1.82) is 0 Å². The van der Waals surface area contributed by atoms with Gasteiger partial charge in [0.2, 0.25) is 0 Å². The van der Waals surface area contributed by atoms with Gasteiger partial charge in [0.05, 0.1) is 35.0 Å². The van der Waals surface area contributed by atoms with Crippen molar-refractivity contribution >= 4 is 33.6 Å². The van der Waals surface area contributed by atoms with Crippen molar-refractivity contribution in [3.63, 3.8) is 0 Å². The molecule has 1 atom stereocenters. The molecule has 1 N–H and O–H groups in total. The summed E-state index contributed by atoms with van der Waals surface area (Å²) in [6.07, 6.45) is 1.92. The first-order chi connectivity index (χ1) is 12.3. The lowest BCUT2D eigenvalue weighted by Crippen LogP contribution is -2.17. The van der Waals surface area contributed by atoms with Crippen molar-refractivity contribution in [2.45, 2.75) is 26.3 Å². The largest absolute Gasteiger partial charge is 0.271 e. The molecule has 1 aliphatic rings. The summed E-state index contributed by atoms with van der Waals surface area (Å²) in [4.78, 5) is 12.1. The molecule has 1 saturated heterocycles. The van der Waals surface area contributed by atoms with Crippen LogP contribution >= 0.6 is 11.6 Å². The van der Waals surface area contributed by atoms with Crippen molar-refractivity contribution in [2.75, 3.05) is 11.5 Å². The van der Waals surface area contributed by atoms with Gasteiger partial charge in [-0.15, -0.1) is 0 Å². The number of halogens is 1. The molecule has 3 rings (SSSR count). The number of carbonyl (C=O) groups is 1. The molecule has 1 aromatic carbocycles. The summed E-state index contributed by atoms with van der Waals surface area (Å²) in [6.45, 7) is 3.70. The fourth-order valence-corrected chi connectivity index (χ4v) is 4.87. The number of nitrogens with one attached hydrogen (secondary N) is 1. The van der Waals surface area contributed by atoms with E-state index in [2.05, 4.69) is 15.6 Å². The topological polar surface area (TPSA) is 93.4 Å². The SMILES string of the molecule is Cc1ccc(C(=O)N/N=C\c2c(C)nn([C@@H]3CCS(=O)(=O)C3)c2Cl)cc1. The maximum Gasteiger partial charge on any atom is 0.271 e. The first-order valence-electron chi connectivity index (χ1n) is 8.12. The Morgan fingerprint density at radius 3 is 2.65 bits per heavy atom. The fraction of sp³-hybridized carbons (Fsp3) is 0.353. The first-order valence-corrected chi connectivity index (χ1v) is 10.3. The predicted octanol–water partition coefficient (Wildman–Crippen LogP) is 2.28. The summed E-state index contributed by atoms with van der Waals surface area (Å²) < 4.78 is 24.9. The highest BCUT2D eigenvalue weighted by molar-refractivity contribution is 7.91. The maximum atomic E-state index is 12.1. The Labute approximate surface area is 157 Å². The van der Waals surface area contributed by atoms with Crippen LogP contribution in [0.5, 0.6) is 0 Å². The van der Waals surface area contributed by atoms with E-state index in [0.29, 0.717) is 28.4 Å². The summed E-state index contributed by atoms with van der Waals surface area (Å²) in [6, 6.07) is 6.86. The summed E-state index contributed by atoms with van der Waals surface area (Å²) in [5.74, 6) is -0.151. The number of aryl methyl sites for hydroxylation is 2. The minimum absolute atomic E-state index is 0.0363. The quantitative estimate of drug-likeness (QED) is 0.635. The van der Waals surface area contributed by atoms with Crippen molar-refractivity contribution < 1.29 is 13.2 Å². The third kappa shape index (κ3) is 3.96. The molecule has 0 aliphatic carbocycles. The van der Waals surface area contributed by atoms with Crippen molar-refractivity contribution in [3.8, 4) is 0 Å². The Hall–Kier alpha value is -2.19. The molecule has 0 unspecified atom stereocenters. The van der Waals surface area contributed by atoms with E-state index in [9.17, 15) is 13.2 Å². The minimum Gasteiger partial charge on any atom is -0.267 e. The number of benzene rings is 1. The zero-order valence-electron chi connectivity index (χ0n) is 14.4. The lowest BCUT2D eigenvalue weighted by molar-refractivity contribution is 0.0955. The summed E-state index contributed by atoms with van der Waals surface area (Å²) in [5.41, 5.74) is 5.19. The monoisotopic (exact) mass is 394 g/mol. The maximum absolute atomic E-state index is 12.1. The molecule has 7 nitrogen and oxygen atoms in total. The van der Waals surface area contributed by atoms with Gasteiger partial charge in [0.1, 0.15) is 5.15 Å². The number of hydrogen-bond acceptors (Lipinski definition) is 5. The van der Waals surface area contributed by atoms with Gasteiger partial charge in [-0.3, -0.25) is 4.79 Å². The third-order valence-corrected chi connectivity index (χ3v) is 6.43. The van der Waals surface area contributed by atoms with Gasteiger partial charge >= 0.3 is 0 Å². The standard InChI is InChI=1S/C17H19ClN4O3S/c1-11-3-5-13(6-4-11)17(23)20-19-9-15-12(2)21-22(16(15)18)14-7-8-26(24,25)10-14/h3-6,9,14H,7-8,10H2,1-2H3,(H,20,23)/b19-9-/t14-/m1/s1. The van der Waals surface area contributed by atoms with E-state index < -0.39 is 9.84 Å². The van der Waals surface area contributed by atoms with Gasteiger partial charge in [-0.2, -0.15) is 10.2 Å². The van der Waals surface area contributed by atoms with Gasteiger partial charge in [-0.1, -0.05) is 29.3 Å². The second kappa shape index (κ2) is 7.20. The molecule has 1 aliphatic heterocycles. The van der Waals surface area contributed by atoms with E-state index in [1.165, 1.54) is 10.9 Å². The highest BCUT2D eigenvalue weighted by Crippen LogP contribution is 2.29. The van der Waals surface area contributed by atoms with E-state index in [0.717, 1.165) is 5.56 Å². The smallest absolute Gasteiger partial charge is 0.267 e. The Balaban J connectivity index is 1.73. The van der Waals surface area contributed by atoms with Crippen LogP contribution in [-0.2, 0) is 9.84 Å². The van der Waals surface area contributed by atoms with E-state index in [1.54, 1.807) is 19.1 Å². The predicted molar refractivity (Wildman–Crippen MR) is 101 cm³/mol. The first kappa shape index (κ1) is 18.6. The van der Waals surface area contributed by atoms with E-state index >= 15 is 0 Å². The average Bonchev–Trinajstić information content (AvgIpc) is 3.08. The van der Waals surface area contributed by atoms with Gasteiger partial charge in [-0.25, -0.2) is 18.5 Å². The summed E-state index contributed by atoms with van der Waals surface area (Å²) >= 11 is 6.35. The van der Waals surface area contributed by atoms with Crippen molar-refractivity contribution in [3.05, 3.63) is 51.8 Å². The van der Waals surface area contributed by atoms with E-state index in [4.69, 9.17) is 11.6 Å². The van der Waals surface area contributed by atoms with Gasteiger partial charge in [0, 0.05) is 5.56 Å². The fourth-order valence-electron chi connectivity index (χ4n) is 2.81. The molecule has 138 valence electrons. The van der Waals surface area contributed by atoms with Crippen LogP contribution in [0.25, 0.3) is 0 Å². The van der Waals surface area contributed by atoms with E-state index in [-0.39, 0.29) is 23.5 Å². The second-order valence-electron chi connectivity index (χ2n) is 6.36.